The third-order valence-corrected chi connectivity index (χ3v) is 2.82. The molecule has 1 amide bonds. The zero-order valence-corrected chi connectivity index (χ0v) is 19.1. The Balaban J connectivity index is 5.96. The number of esters is 3. The molecule has 0 rings (SSSR count). The Morgan fingerprint density at radius 1 is 0.724 bits per heavy atom. The summed E-state index contributed by atoms with van der Waals surface area (Å²) in [6.07, 6.45) is -2.77. The molecule has 0 saturated carbocycles. The third kappa shape index (κ3) is 12.0. The minimum Gasteiger partial charge on any atom is -0.458 e. The second-order valence-corrected chi connectivity index (χ2v) is 9.45. The summed E-state index contributed by atoms with van der Waals surface area (Å²) < 4.78 is 20.9. The first-order valence-corrected chi connectivity index (χ1v) is 9.49. The van der Waals surface area contributed by atoms with Crippen LogP contribution in [-0.4, -0.2) is 53.0 Å². The summed E-state index contributed by atoms with van der Waals surface area (Å²) in [5.41, 5.74) is -2.69. The molecule has 0 aliphatic carbocycles. The number of alkyl carbamates (subject to hydrolysis) is 1. The smallest absolute Gasteiger partial charge is 0.408 e. The number of amides is 1. The minimum atomic E-state index is -1.75. The van der Waals surface area contributed by atoms with Crippen LogP contribution >= 0.6 is 0 Å². The number of carbonyl (C=O) groups excluding carboxylic acids is 4. The van der Waals surface area contributed by atoms with Crippen LogP contribution in [-0.2, 0) is 33.3 Å². The van der Waals surface area contributed by atoms with Crippen LogP contribution in [0.4, 0.5) is 4.79 Å². The summed E-state index contributed by atoms with van der Waals surface area (Å²) in [4.78, 5) is 49.6. The van der Waals surface area contributed by atoms with E-state index in [1.807, 2.05) is 0 Å². The third-order valence-electron chi connectivity index (χ3n) is 2.82. The maximum atomic E-state index is 12.7. The van der Waals surface area contributed by atoms with Crippen molar-refractivity contribution in [3.05, 3.63) is 0 Å². The molecule has 29 heavy (non-hydrogen) atoms. The van der Waals surface area contributed by atoms with Crippen LogP contribution in [0.5, 0.6) is 0 Å². The minimum absolute atomic E-state index is 0.0488. The molecule has 168 valence electrons. The molecule has 0 aromatic carbocycles. The van der Waals surface area contributed by atoms with Gasteiger partial charge in [0.05, 0.1) is 0 Å². The van der Waals surface area contributed by atoms with Crippen LogP contribution in [0.2, 0.25) is 0 Å². The first kappa shape index (κ1) is 26.7. The number of nitrogens with one attached hydrogen (secondary N) is 1. The lowest BCUT2D eigenvalue weighted by Crippen LogP contribution is -2.56. The number of hydrogen-bond donors (Lipinski definition) is 1. The van der Waals surface area contributed by atoms with Gasteiger partial charge < -0.3 is 24.3 Å². The largest absolute Gasteiger partial charge is 0.458 e. The fourth-order valence-electron chi connectivity index (χ4n) is 1.90. The van der Waals surface area contributed by atoms with Crippen LogP contribution in [0.25, 0.3) is 0 Å². The van der Waals surface area contributed by atoms with Crippen molar-refractivity contribution >= 4 is 24.0 Å². The summed E-state index contributed by atoms with van der Waals surface area (Å²) in [6, 6.07) is -1.66. The predicted octanol–water partition coefficient (Wildman–Crippen LogP) is 2.88. The normalized spacial score (nSPS) is 14.3. The summed E-state index contributed by atoms with van der Waals surface area (Å²) in [6.45, 7) is 16.2. The van der Waals surface area contributed by atoms with Crippen molar-refractivity contribution in [3.63, 3.8) is 0 Å². The molecule has 0 aliphatic heterocycles. The summed E-state index contributed by atoms with van der Waals surface area (Å²) in [5, 5.41) is 2.28. The van der Waals surface area contributed by atoms with Crippen molar-refractivity contribution in [1.29, 1.82) is 0 Å². The predicted molar refractivity (Wildman–Crippen MR) is 105 cm³/mol. The summed E-state index contributed by atoms with van der Waals surface area (Å²) in [5.74, 6) is -2.71. The zero-order chi connectivity index (χ0) is 23.2. The summed E-state index contributed by atoms with van der Waals surface area (Å²) in [7, 11) is 0. The quantitative estimate of drug-likeness (QED) is 0.518. The monoisotopic (exact) mass is 417 g/mol. The number of hydrogen-bond acceptors (Lipinski definition) is 8. The van der Waals surface area contributed by atoms with Gasteiger partial charge in [-0.2, -0.15) is 0 Å². The maximum absolute atomic E-state index is 12.7. The van der Waals surface area contributed by atoms with Crippen LogP contribution in [0.1, 0.15) is 75.7 Å². The van der Waals surface area contributed by atoms with Gasteiger partial charge >= 0.3 is 24.0 Å². The molecule has 0 aliphatic rings. The number of rotatable bonds is 6. The van der Waals surface area contributed by atoms with Crippen molar-refractivity contribution in [3.8, 4) is 0 Å². The van der Waals surface area contributed by atoms with E-state index in [0.29, 0.717) is 0 Å². The number of ether oxygens (including phenoxy) is 4. The first-order valence-electron chi connectivity index (χ1n) is 9.49. The Labute approximate surface area is 172 Å². The lowest BCUT2D eigenvalue weighted by Gasteiger charge is -2.31. The highest BCUT2D eigenvalue weighted by atomic mass is 16.6. The van der Waals surface area contributed by atoms with Crippen LogP contribution in [0.3, 0.4) is 0 Å². The van der Waals surface area contributed by atoms with Gasteiger partial charge in [0.25, 0.3) is 0 Å². The van der Waals surface area contributed by atoms with E-state index in [4.69, 9.17) is 18.9 Å². The fourth-order valence-corrected chi connectivity index (χ4v) is 1.90. The fraction of sp³-hybridized carbons (Fsp3) is 0.800. The van der Waals surface area contributed by atoms with Crippen LogP contribution in [0.15, 0.2) is 0 Å². The van der Waals surface area contributed by atoms with Gasteiger partial charge in [-0.15, -0.1) is 0 Å². The highest BCUT2D eigenvalue weighted by Gasteiger charge is 2.43. The van der Waals surface area contributed by atoms with Gasteiger partial charge in [0.1, 0.15) is 16.8 Å². The van der Waals surface area contributed by atoms with Gasteiger partial charge in [-0.3, -0.25) is 4.79 Å². The zero-order valence-electron chi connectivity index (χ0n) is 19.1. The van der Waals surface area contributed by atoms with Crippen molar-refractivity contribution in [2.75, 3.05) is 0 Å². The topological polar surface area (TPSA) is 117 Å². The Morgan fingerprint density at radius 2 is 1.14 bits per heavy atom. The Kier molecular flexibility index (Phi) is 9.14. The molecule has 0 heterocycles. The van der Waals surface area contributed by atoms with E-state index in [1.54, 1.807) is 62.3 Å². The molecule has 0 radical (unpaired) electrons. The molecule has 9 heteroatoms. The van der Waals surface area contributed by atoms with Gasteiger partial charge in [0, 0.05) is 6.42 Å². The molecular weight excluding hydrogens is 382 g/mol. The molecular formula is C20H35NO8. The van der Waals surface area contributed by atoms with Crippen molar-refractivity contribution in [2.24, 2.45) is 0 Å². The molecule has 0 bridgehead atoms. The average molecular weight is 417 g/mol. The van der Waals surface area contributed by atoms with E-state index in [1.165, 1.54) is 6.92 Å². The molecule has 1 N–H and O–H groups in total. The van der Waals surface area contributed by atoms with Gasteiger partial charge in [-0.25, -0.2) is 14.4 Å². The average Bonchev–Trinajstić information content (AvgIpc) is 2.44. The van der Waals surface area contributed by atoms with Crippen molar-refractivity contribution in [1.82, 2.24) is 5.32 Å². The van der Waals surface area contributed by atoms with E-state index >= 15 is 0 Å². The van der Waals surface area contributed by atoms with Gasteiger partial charge in [-0.1, -0.05) is 6.92 Å². The molecule has 0 aromatic heterocycles. The molecule has 2 unspecified atom stereocenters. The second-order valence-electron chi connectivity index (χ2n) is 9.45. The molecule has 0 fully saturated rings. The Morgan fingerprint density at radius 3 is 1.52 bits per heavy atom. The number of carbonyl (C=O) groups is 4. The summed E-state index contributed by atoms with van der Waals surface area (Å²) >= 11 is 0. The molecule has 0 aromatic rings. The standard InChI is InChI=1S/C20H35NO8/c1-11-12(22)26-14(16(24)28-19(5,6)7)13(15(23)27-18(2,3)4)21-17(25)29-20(8,9)10/h13-14H,11H2,1-10H3,(H,21,25). The molecule has 0 saturated heterocycles. The van der Waals surface area contributed by atoms with Gasteiger partial charge in [-0.05, 0) is 62.3 Å². The molecule has 2 atom stereocenters. The van der Waals surface area contributed by atoms with E-state index in [-0.39, 0.29) is 6.42 Å². The van der Waals surface area contributed by atoms with Crippen LogP contribution < -0.4 is 5.32 Å². The lowest BCUT2D eigenvalue weighted by atomic mass is 10.1. The van der Waals surface area contributed by atoms with E-state index in [0.717, 1.165) is 0 Å². The first-order chi connectivity index (χ1) is 12.8. The van der Waals surface area contributed by atoms with Crippen molar-refractivity contribution < 1.29 is 38.1 Å². The maximum Gasteiger partial charge on any atom is 0.408 e. The highest BCUT2D eigenvalue weighted by Crippen LogP contribution is 2.17. The highest BCUT2D eigenvalue weighted by molar-refractivity contribution is 5.91. The molecule has 0 spiro atoms. The Hall–Kier alpha value is -2.32. The Bertz CT molecular complexity index is 607. The lowest BCUT2D eigenvalue weighted by molar-refractivity contribution is -0.183. The van der Waals surface area contributed by atoms with E-state index < -0.39 is 53.0 Å². The molecule has 9 nitrogen and oxygen atoms in total. The van der Waals surface area contributed by atoms with Gasteiger partial charge in [0.15, 0.2) is 6.04 Å². The SMILES string of the molecule is CCC(=O)OC(C(=O)OC(C)(C)C)C(NC(=O)OC(C)(C)C)C(=O)OC(C)(C)C. The van der Waals surface area contributed by atoms with Crippen LogP contribution in [0, 0.1) is 0 Å². The van der Waals surface area contributed by atoms with Gasteiger partial charge in [0.2, 0.25) is 6.10 Å². The van der Waals surface area contributed by atoms with Crippen molar-refractivity contribution in [2.45, 2.75) is 105 Å². The van der Waals surface area contributed by atoms with E-state index in [2.05, 4.69) is 5.32 Å². The second kappa shape index (κ2) is 9.93. The van der Waals surface area contributed by atoms with E-state index in [9.17, 15) is 19.2 Å².